The van der Waals surface area contributed by atoms with Crippen molar-refractivity contribution in [2.24, 2.45) is 11.5 Å². The van der Waals surface area contributed by atoms with Gasteiger partial charge in [-0.15, -0.1) is 0 Å². The van der Waals surface area contributed by atoms with Gasteiger partial charge in [0.1, 0.15) is 0 Å². The lowest BCUT2D eigenvalue weighted by Crippen LogP contribution is -2.26. The molecule has 4 N–H and O–H groups in total. The maximum atomic E-state index is 8.77. The van der Waals surface area contributed by atoms with Crippen LogP contribution in [0.4, 0.5) is 0 Å². The highest BCUT2D eigenvalue weighted by Crippen LogP contribution is 2.25. The summed E-state index contributed by atoms with van der Waals surface area (Å²) < 4.78 is 0. The van der Waals surface area contributed by atoms with Crippen LogP contribution >= 0.6 is 0 Å². The lowest BCUT2D eigenvalue weighted by Gasteiger charge is -2.20. The van der Waals surface area contributed by atoms with Crippen LogP contribution in [0.3, 0.4) is 0 Å². The van der Waals surface area contributed by atoms with E-state index in [0.717, 1.165) is 11.1 Å². The lowest BCUT2D eigenvalue weighted by molar-refractivity contribution is 0.574. The quantitative estimate of drug-likeness (QED) is 0.884. The summed E-state index contributed by atoms with van der Waals surface area (Å²) in [6.07, 6.45) is 0. The zero-order valence-corrected chi connectivity index (χ0v) is 10.8. The maximum Gasteiger partial charge on any atom is 0.0991 e. The molecule has 2 rings (SSSR count). The molecule has 4 heteroatoms. The number of nitrogens with two attached hydrogens (primary N) is 2. The highest BCUT2D eigenvalue weighted by Gasteiger charge is 2.17. The Hall–Kier alpha value is -2.66. The van der Waals surface area contributed by atoms with E-state index >= 15 is 0 Å². The minimum Gasteiger partial charge on any atom is -0.322 e. The second-order valence-corrected chi connectivity index (χ2v) is 4.52. The summed E-state index contributed by atoms with van der Waals surface area (Å²) in [5.41, 5.74) is 15.3. The first kappa shape index (κ1) is 13.8. The van der Waals surface area contributed by atoms with E-state index in [-0.39, 0.29) is 12.1 Å². The van der Waals surface area contributed by atoms with E-state index < -0.39 is 0 Å². The van der Waals surface area contributed by atoms with Gasteiger partial charge in [-0.2, -0.15) is 10.5 Å². The number of hydrogen-bond donors (Lipinski definition) is 2. The Balaban J connectivity index is 2.20. The molecular weight excluding hydrogens is 248 g/mol. The molecule has 0 bridgehead atoms. The van der Waals surface area contributed by atoms with Gasteiger partial charge in [-0.3, -0.25) is 0 Å². The third kappa shape index (κ3) is 2.84. The van der Waals surface area contributed by atoms with Crippen molar-refractivity contribution in [3.63, 3.8) is 0 Å². The smallest absolute Gasteiger partial charge is 0.0991 e. The van der Waals surface area contributed by atoms with Gasteiger partial charge < -0.3 is 11.5 Å². The number of rotatable bonds is 3. The highest BCUT2D eigenvalue weighted by atomic mass is 14.8. The molecule has 2 aromatic carbocycles. The molecule has 2 atom stereocenters. The van der Waals surface area contributed by atoms with E-state index in [1.54, 1.807) is 24.3 Å². The van der Waals surface area contributed by atoms with Crippen LogP contribution < -0.4 is 11.5 Å². The number of hydrogen-bond acceptors (Lipinski definition) is 4. The summed E-state index contributed by atoms with van der Waals surface area (Å²) in [6.45, 7) is 0. The van der Waals surface area contributed by atoms with E-state index in [4.69, 9.17) is 22.0 Å². The van der Waals surface area contributed by atoms with Crippen molar-refractivity contribution in [3.05, 3.63) is 70.8 Å². The standard InChI is InChI=1S/C16H14N4/c17-9-11-1-5-13(6-2-11)15(19)16(20)14-7-3-12(10-18)4-8-14/h1-8,15-16H,19-20H2/t15-,16+. The second kappa shape index (κ2) is 5.99. The zero-order chi connectivity index (χ0) is 14.5. The van der Waals surface area contributed by atoms with E-state index in [9.17, 15) is 0 Å². The molecule has 98 valence electrons. The van der Waals surface area contributed by atoms with Crippen molar-refractivity contribution in [1.29, 1.82) is 10.5 Å². The fourth-order valence-electron chi connectivity index (χ4n) is 1.97. The van der Waals surface area contributed by atoms with Crippen LogP contribution in [-0.4, -0.2) is 0 Å². The normalized spacial score (nSPS) is 13.0. The Morgan fingerprint density at radius 3 is 1.20 bits per heavy atom. The molecule has 0 saturated carbocycles. The first-order valence-electron chi connectivity index (χ1n) is 6.17. The summed E-state index contributed by atoms with van der Waals surface area (Å²) in [4.78, 5) is 0. The van der Waals surface area contributed by atoms with Crippen LogP contribution in [0.15, 0.2) is 48.5 Å². The fraction of sp³-hybridized carbons (Fsp3) is 0.125. The third-order valence-corrected chi connectivity index (χ3v) is 3.24. The molecule has 0 aliphatic carbocycles. The molecule has 0 aliphatic heterocycles. The van der Waals surface area contributed by atoms with Gasteiger partial charge in [-0.05, 0) is 35.4 Å². The molecule has 0 spiro atoms. The van der Waals surface area contributed by atoms with Crippen molar-refractivity contribution in [2.75, 3.05) is 0 Å². The van der Waals surface area contributed by atoms with Gasteiger partial charge in [0.05, 0.1) is 23.3 Å². The Morgan fingerprint density at radius 1 is 0.650 bits per heavy atom. The molecular formula is C16H14N4. The molecule has 0 aromatic heterocycles. The molecule has 0 radical (unpaired) electrons. The van der Waals surface area contributed by atoms with E-state index in [1.807, 2.05) is 24.3 Å². The van der Waals surface area contributed by atoms with Crippen LogP contribution in [0.25, 0.3) is 0 Å². The average Bonchev–Trinajstić information content (AvgIpc) is 2.53. The second-order valence-electron chi connectivity index (χ2n) is 4.52. The molecule has 20 heavy (non-hydrogen) atoms. The maximum absolute atomic E-state index is 8.77. The Bertz CT molecular complexity index is 598. The Morgan fingerprint density at radius 2 is 0.950 bits per heavy atom. The van der Waals surface area contributed by atoms with Gasteiger partial charge in [0.2, 0.25) is 0 Å². The van der Waals surface area contributed by atoms with Crippen molar-refractivity contribution in [3.8, 4) is 12.1 Å². The van der Waals surface area contributed by atoms with Gasteiger partial charge in [-0.1, -0.05) is 24.3 Å². The van der Waals surface area contributed by atoms with Gasteiger partial charge in [-0.25, -0.2) is 0 Å². The number of nitrogens with zero attached hydrogens (tertiary/aromatic N) is 2. The predicted molar refractivity (Wildman–Crippen MR) is 76.2 cm³/mol. The van der Waals surface area contributed by atoms with Crippen molar-refractivity contribution >= 4 is 0 Å². The van der Waals surface area contributed by atoms with E-state index in [1.165, 1.54) is 0 Å². The first-order valence-corrected chi connectivity index (χ1v) is 6.17. The Labute approximate surface area is 117 Å². The average molecular weight is 262 g/mol. The molecule has 0 amide bonds. The SMILES string of the molecule is N#Cc1ccc([C@@H](N)[C@@H](N)c2ccc(C#N)cc2)cc1. The highest BCUT2D eigenvalue weighted by molar-refractivity contribution is 5.36. The summed E-state index contributed by atoms with van der Waals surface area (Å²) >= 11 is 0. The summed E-state index contributed by atoms with van der Waals surface area (Å²) in [7, 11) is 0. The number of benzene rings is 2. The van der Waals surface area contributed by atoms with Gasteiger partial charge in [0, 0.05) is 12.1 Å². The molecule has 0 fully saturated rings. The monoisotopic (exact) mass is 262 g/mol. The van der Waals surface area contributed by atoms with Crippen molar-refractivity contribution in [2.45, 2.75) is 12.1 Å². The van der Waals surface area contributed by atoms with Crippen LogP contribution in [0.1, 0.15) is 34.3 Å². The minimum atomic E-state index is -0.365. The number of nitriles is 2. The predicted octanol–water partition coefficient (Wildman–Crippen LogP) is 2.13. The van der Waals surface area contributed by atoms with E-state index in [0.29, 0.717) is 11.1 Å². The topological polar surface area (TPSA) is 99.6 Å². The van der Waals surface area contributed by atoms with E-state index in [2.05, 4.69) is 12.1 Å². The van der Waals surface area contributed by atoms with Crippen LogP contribution in [-0.2, 0) is 0 Å². The van der Waals surface area contributed by atoms with Gasteiger partial charge in [0.15, 0.2) is 0 Å². The Kier molecular flexibility index (Phi) is 4.12. The van der Waals surface area contributed by atoms with Crippen molar-refractivity contribution in [1.82, 2.24) is 0 Å². The molecule has 0 unspecified atom stereocenters. The van der Waals surface area contributed by atoms with Crippen LogP contribution in [0.2, 0.25) is 0 Å². The molecule has 2 aromatic rings. The molecule has 0 heterocycles. The third-order valence-electron chi connectivity index (χ3n) is 3.24. The molecule has 0 saturated heterocycles. The minimum absolute atomic E-state index is 0.365. The summed E-state index contributed by atoms with van der Waals surface area (Å²) in [5, 5.41) is 17.5. The molecule has 0 aliphatic rings. The van der Waals surface area contributed by atoms with Crippen molar-refractivity contribution < 1.29 is 0 Å². The lowest BCUT2D eigenvalue weighted by atomic mass is 9.94. The van der Waals surface area contributed by atoms with Gasteiger partial charge in [0.25, 0.3) is 0 Å². The summed E-state index contributed by atoms with van der Waals surface area (Å²) in [5.74, 6) is 0. The summed E-state index contributed by atoms with van der Waals surface area (Å²) in [6, 6.07) is 17.5. The molecule has 4 nitrogen and oxygen atoms in total. The van der Waals surface area contributed by atoms with Crippen LogP contribution in [0.5, 0.6) is 0 Å². The van der Waals surface area contributed by atoms with Gasteiger partial charge >= 0.3 is 0 Å². The zero-order valence-electron chi connectivity index (χ0n) is 10.8. The first-order chi connectivity index (χ1) is 9.65. The fourth-order valence-corrected chi connectivity index (χ4v) is 1.97. The van der Waals surface area contributed by atoms with Crippen LogP contribution in [0, 0.1) is 22.7 Å². The largest absolute Gasteiger partial charge is 0.322 e.